The average Bonchev–Trinajstić information content (AvgIpc) is 3.39. The Balaban J connectivity index is 1.03. The number of hydrogen-bond acceptors (Lipinski definition) is 0. The molecule has 0 fully saturated rings. The zero-order chi connectivity index (χ0) is 50.9. The monoisotopic (exact) mass is 992 g/mol. The highest BCUT2D eigenvalue weighted by molar-refractivity contribution is 7.01. The predicted molar refractivity (Wildman–Crippen MR) is 340 cm³/mol. The zero-order valence-corrected chi connectivity index (χ0v) is 42.6. The van der Waals surface area contributed by atoms with Crippen molar-refractivity contribution in [2.24, 2.45) is 0 Å². The Morgan fingerprint density at radius 3 is 1.18 bits per heavy atom. The average molecular weight is 993 g/mol. The van der Waals surface area contributed by atoms with Gasteiger partial charge in [-0.2, -0.15) is 0 Å². The molecule has 0 unspecified atom stereocenters. The standard InChI is InChI=1S/C76H41BN2/c1-2-17-43-38-44(33-32-42(43)16-1)45-34-36-64-61(39-45)71-69-56-28-13-10-22-50(56)47-19-4-7-25-53(47)59(69)40-62-75(71)78(64)66-30-15-31-67-74(66)77(62)63-41-60-54-26-8-5-20-48(54)51-23-11-14-29-57(51)70(60)73-72-65(79(67)76(63)73)37-35-58-52-24-6-3-18-46(52)49-21-9-12-27-55(49)68(58)72/h1-41H. The lowest BCUT2D eigenvalue weighted by Gasteiger charge is -2.34. The predicted octanol–water partition coefficient (Wildman–Crippen LogP) is 18.2. The first-order chi connectivity index (χ1) is 39.2. The van der Waals surface area contributed by atoms with Crippen LogP contribution >= 0.6 is 0 Å². The molecule has 4 heterocycles. The molecule has 0 spiro atoms. The van der Waals surface area contributed by atoms with Crippen molar-refractivity contribution in [3.8, 4) is 22.5 Å². The summed E-state index contributed by atoms with van der Waals surface area (Å²) in [4.78, 5) is 0. The molecule has 0 atom stereocenters. The molecule has 0 radical (unpaired) electrons. The third-order valence-corrected chi connectivity index (χ3v) is 18.9. The molecule has 18 aromatic rings. The van der Waals surface area contributed by atoms with Crippen LogP contribution < -0.4 is 16.4 Å². The van der Waals surface area contributed by atoms with Gasteiger partial charge in [0.1, 0.15) is 0 Å². The van der Waals surface area contributed by atoms with E-state index in [2.05, 4.69) is 258 Å². The molecule has 79 heavy (non-hydrogen) atoms. The van der Waals surface area contributed by atoms with E-state index in [1.54, 1.807) is 0 Å². The van der Waals surface area contributed by atoms with Gasteiger partial charge in [-0.1, -0.05) is 212 Å². The Labute approximate surface area is 452 Å². The molecule has 16 aromatic carbocycles. The lowest BCUT2D eigenvalue weighted by Crippen LogP contribution is -2.59. The Hall–Kier alpha value is -10.2. The van der Waals surface area contributed by atoms with E-state index >= 15 is 0 Å². The largest absolute Gasteiger partial charge is 0.310 e. The van der Waals surface area contributed by atoms with Crippen molar-refractivity contribution in [1.82, 2.24) is 9.13 Å². The van der Waals surface area contributed by atoms with Gasteiger partial charge in [0.05, 0.1) is 22.1 Å². The molecular weight excluding hydrogens is 952 g/mol. The number of nitrogens with zero attached hydrogens (tertiary/aromatic N) is 2. The fourth-order valence-electron chi connectivity index (χ4n) is 15.9. The second kappa shape index (κ2) is 14.4. The first-order valence-electron chi connectivity index (χ1n) is 27.8. The van der Waals surface area contributed by atoms with Crippen LogP contribution in [-0.2, 0) is 0 Å². The molecule has 2 aliphatic rings. The van der Waals surface area contributed by atoms with Gasteiger partial charge >= 0.3 is 0 Å². The van der Waals surface area contributed by atoms with Gasteiger partial charge in [-0.25, -0.2) is 0 Å². The third kappa shape index (κ3) is 4.94. The molecule has 0 bridgehead atoms. The minimum atomic E-state index is -0.0853. The Bertz CT molecular complexity index is 5900. The summed E-state index contributed by atoms with van der Waals surface area (Å²) < 4.78 is 5.35. The zero-order valence-electron chi connectivity index (χ0n) is 42.6. The van der Waals surface area contributed by atoms with E-state index in [4.69, 9.17) is 0 Å². The van der Waals surface area contributed by atoms with E-state index in [1.165, 1.54) is 190 Å². The first kappa shape index (κ1) is 41.0. The normalized spacial score (nSPS) is 13.0. The maximum absolute atomic E-state index is 2.69. The number of rotatable bonds is 1. The van der Waals surface area contributed by atoms with Crippen LogP contribution in [0.4, 0.5) is 0 Å². The van der Waals surface area contributed by atoms with Crippen molar-refractivity contribution in [3.05, 3.63) is 249 Å². The topological polar surface area (TPSA) is 9.86 Å². The molecule has 358 valence electrons. The van der Waals surface area contributed by atoms with Crippen LogP contribution in [0.15, 0.2) is 249 Å². The molecule has 20 rings (SSSR count). The van der Waals surface area contributed by atoms with Gasteiger partial charge in [-0.3, -0.25) is 0 Å². The SMILES string of the molecule is c1cc2c3c(c1)-n1c4ccc5c6ccccc6c6ccccc6c5c4c4c5c6ccccc6c6ccccc6c5cc(c41)B3c1cc3c4ccccc4c4ccccc4c3c3c4cc(-c5ccc6ccccc6c5)ccc4n-2c13. The first-order valence-corrected chi connectivity index (χ1v) is 27.8. The summed E-state index contributed by atoms with van der Waals surface area (Å²) in [6, 6.07) is 95.2. The van der Waals surface area contributed by atoms with Crippen LogP contribution in [0.5, 0.6) is 0 Å². The summed E-state index contributed by atoms with van der Waals surface area (Å²) >= 11 is 0. The van der Waals surface area contributed by atoms with Crippen LogP contribution in [-0.4, -0.2) is 15.8 Å². The molecule has 2 nitrogen and oxygen atoms in total. The summed E-state index contributed by atoms with van der Waals surface area (Å²) in [5.74, 6) is 0. The van der Waals surface area contributed by atoms with Crippen LogP contribution in [0, 0.1) is 0 Å². The molecule has 0 N–H and O–H groups in total. The summed E-state index contributed by atoms with van der Waals surface area (Å²) in [6.07, 6.45) is 0. The van der Waals surface area contributed by atoms with Crippen LogP contribution in [0.1, 0.15) is 0 Å². The number of aromatic nitrogens is 2. The van der Waals surface area contributed by atoms with Crippen molar-refractivity contribution in [1.29, 1.82) is 0 Å². The lowest BCUT2D eigenvalue weighted by molar-refractivity contribution is 1.14. The van der Waals surface area contributed by atoms with Crippen molar-refractivity contribution in [2.75, 3.05) is 0 Å². The molecule has 0 amide bonds. The highest BCUT2D eigenvalue weighted by Gasteiger charge is 2.42. The molecule has 0 aliphatic carbocycles. The van der Waals surface area contributed by atoms with Crippen molar-refractivity contribution >= 4 is 174 Å². The van der Waals surface area contributed by atoms with E-state index in [1.807, 2.05) is 0 Å². The summed E-state index contributed by atoms with van der Waals surface area (Å²) in [5, 5.41) is 31.1. The summed E-state index contributed by atoms with van der Waals surface area (Å²) in [5.41, 5.74) is 14.1. The van der Waals surface area contributed by atoms with Crippen molar-refractivity contribution < 1.29 is 0 Å². The van der Waals surface area contributed by atoms with E-state index in [0.29, 0.717) is 0 Å². The summed E-state index contributed by atoms with van der Waals surface area (Å²) in [6.45, 7) is -0.0853. The van der Waals surface area contributed by atoms with E-state index in [-0.39, 0.29) is 6.71 Å². The molecule has 3 heteroatoms. The molecule has 2 aromatic heterocycles. The summed E-state index contributed by atoms with van der Waals surface area (Å²) in [7, 11) is 0. The maximum atomic E-state index is 2.69. The van der Waals surface area contributed by atoms with E-state index in [9.17, 15) is 0 Å². The number of fused-ring (bicyclic) bond motifs is 32. The highest BCUT2D eigenvalue weighted by Crippen LogP contribution is 2.51. The quantitative estimate of drug-likeness (QED) is 0.115. The molecule has 0 saturated heterocycles. The molecule has 2 aliphatic heterocycles. The van der Waals surface area contributed by atoms with E-state index < -0.39 is 0 Å². The maximum Gasteiger partial charge on any atom is 0.252 e. The van der Waals surface area contributed by atoms with Gasteiger partial charge in [0.15, 0.2) is 0 Å². The van der Waals surface area contributed by atoms with Gasteiger partial charge in [0.2, 0.25) is 0 Å². The Kier molecular flexibility index (Phi) is 7.49. The Morgan fingerprint density at radius 2 is 0.620 bits per heavy atom. The lowest BCUT2D eigenvalue weighted by atomic mass is 9.34. The fraction of sp³-hybridized carbons (Fsp3) is 0. The minimum absolute atomic E-state index is 0.0853. The number of hydrogen-bond donors (Lipinski definition) is 0. The van der Waals surface area contributed by atoms with E-state index in [0.717, 1.165) is 0 Å². The minimum Gasteiger partial charge on any atom is -0.310 e. The Morgan fingerprint density at radius 1 is 0.228 bits per heavy atom. The van der Waals surface area contributed by atoms with Gasteiger partial charge in [0.25, 0.3) is 6.71 Å². The van der Waals surface area contributed by atoms with Gasteiger partial charge in [-0.15, -0.1) is 0 Å². The molecular formula is C76H41BN2. The molecule has 0 saturated carbocycles. The highest BCUT2D eigenvalue weighted by atomic mass is 15.0. The van der Waals surface area contributed by atoms with Gasteiger partial charge in [-0.05, 0) is 155 Å². The van der Waals surface area contributed by atoms with Crippen molar-refractivity contribution in [3.63, 3.8) is 0 Å². The second-order valence-corrected chi connectivity index (χ2v) is 22.5. The van der Waals surface area contributed by atoms with Crippen molar-refractivity contribution in [2.45, 2.75) is 0 Å². The van der Waals surface area contributed by atoms with Crippen LogP contribution in [0.25, 0.3) is 174 Å². The van der Waals surface area contributed by atoms with Crippen LogP contribution in [0.3, 0.4) is 0 Å². The number of benzene rings is 16. The van der Waals surface area contributed by atoms with Crippen LogP contribution in [0.2, 0.25) is 0 Å². The van der Waals surface area contributed by atoms with Gasteiger partial charge in [0, 0.05) is 49.1 Å². The second-order valence-electron chi connectivity index (χ2n) is 22.5. The smallest absolute Gasteiger partial charge is 0.252 e. The third-order valence-electron chi connectivity index (χ3n) is 18.9. The fourth-order valence-corrected chi connectivity index (χ4v) is 15.9. The van der Waals surface area contributed by atoms with Gasteiger partial charge < -0.3 is 9.13 Å².